The number of carbonyl (C=O) groups excluding carboxylic acids is 1. The van der Waals surface area contributed by atoms with Crippen LogP contribution in [-0.2, 0) is 4.74 Å². The Labute approximate surface area is 148 Å². The molecule has 1 atom stereocenters. The van der Waals surface area contributed by atoms with E-state index in [1.807, 2.05) is 0 Å². The SMILES string of the molecule is CCCCCCCCC(CCCCCC)COC(=O)n1ccnc1. The largest absolute Gasteiger partial charge is 0.449 e. The summed E-state index contributed by atoms with van der Waals surface area (Å²) in [4.78, 5) is 15.8. The highest BCUT2D eigenvalue weighted by molar-refractivity contribution is 5.69. The van der Waals surface area contributed by atoms with Gasteiger partial charge in [-0.3, -0.25) is 0 Å². The molecule has 0 aliphatic rings. The maximum atomic E-state index is 11.9. The Morgan fingerprint density at radius 1 is 0.958 bits per heavy atom. The molecule has 1 aromatic rings. The van der Waals surface area contributed by atoms with E-state index in [0.29, 0.717) is 12.5 Å². The van der Waals surface area contributed by atoms with Crippen LogP contribution in [0.2, 0.25) is 0 Å². The number of unbranched alkanes of at least 4 members (excludes halogenated alkanes) is 8. The normalized spacial score (nSPS) is 12.2. The molecule has 138 valence electrons. The standard InChI is InChI=1S/C20H36N2O2/c1-3-5-7-9-10-12-14-19(13-11-8-6-4-2)17-24-20(23)22-16-15-21-18-22/h15-16,18-19H,3-14,17H2,1-2H3. The fourth-order valence-corrected chi connectivity index (χ4v) is 3.01. The molecule has 0 aliphatic heterocycles. The van der Waals surface area contributed by atoms with E-state index in [4.69, 9.17) is 4.74 Å². The summed E-state index contributed by atoms with van der Waals surface area (Å²) in [6, 6.07) is 0. The Morgan fingerprint density at radius 2 is 1.54 bits per heavy atom. The van der Waals surface area contributed by atoms with E-state index < -0.39 is 0 Å². The predicted molar refractivity (Wildman–Crippen MR) is 99.2 cm³/mol. The number of hydrogen-bond donors (Lipinski definition) is 0. The number of nitrogens with zero attached hydrogens (tertiary/aromatic N) is 2. The zero-order valence-corrected chi connectivity index (χ0v) is 15.7. The van der Waals surface area contributed by atoms with Crippen LogP contribution in [0, 0.1) is 5.92 Å². The fraction of sp³-hybridized carbons (Fsp3) is 0.800. The maximum Gasteiger partial charge on any atom is 0.419 e. The van der Waals surface area contributed by atoms with E-state index in [-0.39, 0.29) is 6.09 Å². The summed E-state index contributed by atoms with van der Waals surface area (Å²) < 4.78 is 6.89. The van der Waals surface area contributed by atoms with Crippen molar-refractivity contribution in [3.63, 3.8) is 0 Å². The van der Waals surface area contributed by atoms with Crippen LogP contribution in [0.5, 0.6) is 0 Å². The van der Waals surface area contributed by atoms with E-state index in [0.717, 1.165) is 0 Å². The third-order valence-corrected chi connectivity index (χ3v) is 4.59. The topological polar surface area (TPSA) is 44.1 Å². The van der Waals surface area contributed by atoms with E-state index in [1.165, 1.54) is 87.9 Å². The lowest BCUT2D eigenvalue weighted by molar-refractivity contribution is 0.121. The fourth-order valence-electron chi connectivity index (χ4n) is 3.01. The smallest absolute Gasteiger partial charge is 0.419 e. The molecule has 0 radical (unpaired) electrons. The van der Waals surface area contributed by atoms with E-state index in [9.17, 15) is 4.79 Å². The van der Waals surface area contributed by atoms with Gasteiger partial charge in [-0.2, -0.15) is 0 Å². The molecular weight excluding hydrogens is 300 g/mol. The van der Waals surface area contributed by atoms with E-state index in [1.54, 1.807) is 12.4 Å². The van der Waals surface area contributed by atoms with Crippen LogP contribution in [0.15, 0.2) is 18.7 Å². The van der Waals surface area contributed by atoms with Crippen molar-refractivity contribution in [1.82, 2.24) is 9.55 Å². The van der Waals surface area contributed by atoms with E-state index in [2.05, 4.69) is 18.8 Å². The third-order valence-electron chi connectivity index (χ3n) is 4.59. The lowest BCUT2D eigenvalue weighted by Gasteiger charge is -2.17. The molecule has 0 amide bonds. The molecule has 0 saturated carbocycles. The number of aromatic nitrogens is 2. The molecule has 0 N–H and O–H groups in total. The van der Waals surface area contributed by atoms with Gasteiger partial charge in [-0.15, -0.1) is 0 Å². The van der Waals surface area contributed by atoms with Crippen LogP contribution >= 0.6 is 0 Å². The lowest BCUT2D eigenvalue weighted by atomic mass is 9.95. The first-order valence-corrected chi connectivity index (χ1v) is 9.93. The Hall–Kier alpha value is -1.32. The molecule has 0 spiro atoms. The van der Waals surface area contributed by atoms with E-state index >= 15 is 0 Å². The molecule has 24 heavy (non-hydrogen) atoms. The lowest BCUT2D eigenvalue weighted by Crippen LogP contribution is -2.18. The number of hydrogen-bond acceptors (Lipinski definition) is 3. The summed E-state index contributed by atoms with van der Waals surface area (Å²) in [6.07, 6.45) is 19.8. The second-order valence-electron chi connectivity index (χ2n) is 6.82. The summed E-state index contributed by atoms with van der Waals surface area (Å²) in [5.41, 5.74) is 0. The molecule has 4 nitrogen and oxygen atoms in total. The third kappa shape index (κ3) is 9.74. The first kappa shape index (κ1) is 20.7. The molecule has 1 rings (SSSR count). The Balaban J connectivity index is 2.26. The van der Waals surface area contributed by atoms with Gasteiger partial charge in [0, 0.05) is 12.4 Å². The second kappa shape index (κ2) is 14.1. The van der Waals surface area contributed by atoms with Crippen molar-refractivity contribution in [1.29, 1.82) is 0 Å². The van der Waals surface area contributed by atoms with Crippen molar-refractivity contribution in [2.45, 2.75) is 90.9 Å². The Bertz CT molecular complexity index is 404. The van der Waals surface area contributed by atoms with Crippen LogP contribution in [0.3, 0.4) is 0 Å². The summed E-state index contributed by atoms with van der Waals surface area (Å²) in [5, 5.41) is 0. The number of rotatable bonds is 14. The van der Waals surface area contributed by atoms with Gasteiger partial charge in [0.2, 0.25) is 0 Å². The summed E-state index contributed by atoms with van der Waals surface area (Å²) in [5.74, 6) is 0.500. The monoisotopic (exact) mass is 336 g/mol. The van der Waals surface area contributed by atoms with Crippen molar-refractivity contribution in [2.75, 3.05) is 6.61 Å². The first-order chi connectivity index (χ1) is 11.8. The van der Waals surface area contributed by atoms with Gasteiger partial charge in [-0.25, -0.2) is 14.3 Å². The zero-order chi connectivity index (χ0) is 17.5. The summed E-state index contributed by atoms with van der Waals surface area (Å²) in [6.45, 7) is 5.03. The summed E-state index contributed by atoms with van der Waals surface area (Å²) >= 11 is 0. The number of ether oxygens (including phenoxy) is 1. The van der Waals surface area contributed by atoms with Crippen molar-refractivity contribution in [3.8, 4) is 0 Å². The van der Waals surface area contributed by atoms with Crippen molar-refractivity contribution >= 4 is 6.09 Å². The van der Waals surface area contributed by atoms with Gasteiger partial charge >= 0.3 is 6.09 Å². The summed E-state index contributed by atoms with van der Waals surface area (Å²) in [7, 11) is 0. The molecule has 4 heteroatoms. The minimum Gasteiger partial charge on any atom is -0.449 e. The average molecular weight is 337 g/mol. The van der Waals surface area contributed by atoms with Crippen molar-refractivity contribution in [3.05, 3.63) is 18.7 Å². The minimum atomic E-state index is -0.311. The van der Waals surface area contributed by atoms with Crippen molar-refractivity contribution < 1.29 is 9.53 Å². The average Bonchev–Trinajstić information content (AvgIpc) is 3.13. The van der Waals surface area contributed by atoms with Crippen LogP contribution in [0.4, 0.5) is 4.79 Å². The number of imidazole rings is 1. The molecule has 1 heterocycles. The van der Waals surface area contributed by atoms with Crippen LogP contribution < -0.4 is 0 Å². The number of carbonyl (C=O) groups is 1. The second-order valence-corrected chi connectivity index (χ2v) is 6.82. The molecule has 1 unspecified atom stereocenters. The van der Waals surface area contributed by atoms with Gasteiger partial charge in [0.1, 0.15) is 6.33 Å². The van der Waals surface area contributed by atoms with Crippen LogP contribution in [-0.4, -0.2) is 22.3 Å². The molecule has 0 aliphatic carbocycles. The highest BCUT2D eigenvalue weighted by atomic mass is 16.5. The molecule has 1 aromatic heterocycles. The Kier molecular flexibility index (Phi) is 12.1. The highest BCUT2D eigenvalue weighted by Gasteiger charge is 2.13. The van der Waals surface area contributed by atoms with Gasteiger partial charge in [0.05, 0.1) is 6.61 Å². The molecule has 0 saturated heterocycles. The Morgan fingerprint density at radius 3 is 2.12 bits per heavy atom. The first-order valence-electron chi connectivity index (χ1n) is 9.93. The van der Waals surface area contributed by atoms with Gasteiger partial charge in [-0.1, -0.05) is 78.1 Å². The highest BCUT2D eigenvalue weighted by Crippen LogP contribution is 2.19. The predicted octanol–water partition coefficient (Wildman–Crippen LogP) is 6.21. The molecule has 0 aromatic carbocycles. The molecular formula is C20H36N2O2. The van der Waals surface area contributed by atoms with Crippen molar-refractivity contribution in [2.24, 2.45) is 5.92 Å². The van der Waals surface area contributed by atoms with Crippen LogP contribution in [0.1, 0.15) is 90.9 Å². The quantitative estimate of drug-likeness (QED) is 0.380. The van der Waals surface area contributed by atoms with Gasteiger partial charge in [0.25, 0.3) is 0 Å². The zero-order valence-electron chi connectivity index (χ0n) is 15.7. The van der Waals surface area contributed by atoms with Gasteiger partial charge in [-0.05, 0) is 18.8 Å². The van der Waals surface area contributed by atoms with Crippen LogP contribution in [0.25, 0.3) is 0 Å². The molecule has 0 fully saturated rings. The maximum absolute atomic E-state index is 11.9. The molecule has 0 bridgehead atoms. The van der Waals surface area contributed by atoms with Gasteiger partial charge < -0.3 is 4.74 Å². The van der Waals surface area contributed by atoms with Gasteiger partial charge in [0.15, 0.2) is 0 Å². The minimum absolute atomic E-state index is 0.311.